The van der Waals surface area contributed by atoms with E-state index in [1.807, 2.05) is 6.08 Å². The average Bonchev–Trinajstić information content (AvgIpc) is 2.24. The van der Waals surface area contributed by atoms with Crippen LogP contribution in [0.15, 0.2) is 12.7 Å². The van der Waals surface area contributed by atoms with Gasteiger partial charge < -0.3 is 4.55 Å². The fourth-order valence-corrected chi connectivity index (χ4v) is 2.36. The second-order valence-corrected chi connectivity index (χ2v) is 6.04. The molecule has 0 heterocycles. The van der Waals surface area contributed by atoms with Gasteiger partial charge in [0.1, 0.15) is 0 Å². The molecule has 0 amide bonds. The molecule has 0 unspecified atom stereocenters. The van der Waals surface area contributed by atoms with E-state index in [1.54, 1.807) is 0 Å². The summed E-state index contributed by atoms with van der Waals surface area (Å²) in [5, 5.41) is 0. The van der Waals surface area contributed by atoms with Crippen molar-refractivity contribution in [2.75, 3.05) is 5.75 Å². The first kappa shape index (κ1) is 21.0. The number of rotatable bonds is 12. The molecular weight excluding hydrogens is 259 g/mol. The minimum Gasteiger partial charge on any atom is -0.748 e. The van der Waals surface area contributed by atoms with E-state index in [1.165, 1.54) is 32.1 Å². The van der Waals surface area contributed by atoms with Crippen LogP contribution in [0.4, 0.5) is 0 Å². The van der Waals surface area contributed by atoms with E-state index in [2.05, 4.69) is 6.58 Å². The van der Waals surface area contributed by atoms with Gasteiger partial charge in [-0.05, 0) is 19.3 Å². The molecule has 5 heteroatoms. The van der Waals surface area contributed by atoms with E-state index in [9.17, 15) is 13.0 Å². The molecule has 102 valence electrons. The summed E-state index contributed by atoms with van der Waals surface area (Å²) in [5.41, 5.74) is 0. The van der Waals surface area contributed by atoms with Crippen LogP contribution in [0.3, 0.4) is 0 Å². The van der Waals surface area contributed by atoms with Crippen molar-refractivity contribution >= 4 is 10.1 Å². The molecule has 0 bridgehead atoms. The molecule has 0 N–H and O–H groups in total. The number of hydrogen-bond acceptors (Lipinski definition) is 3. The van der Waals surface area contributed by atoms with E-state index >= 15 is 0 Å². The van der Waals surface area contributed by atoms with Crippen LogP contribution >= 0.6 is 0 Å². The Bertz CT molecular complexity index is 276. The summed E-state index contributed by atoms with van der Waals surface area (Å²) in [7, 11) is -3.99. The molecule has 0 saturated heterocycles. The van der Waals surface area contributed by atoms with Gasteiger partial charge in [0, 0.05) is 5.75 Å². The topological polar surface area (TPSA) is 57.2 Å². The van der Waals surface area contributed by atoms with Gasteiger partial charge in [-0.3, -0.25) is 0 Å². The third-order valence-corrected chi connectivity index (χ3v) is 3.59. The van der Waals surface area contributed by atoms with Gasteiger partial charge in [-0.2, -0.15) is 0 Å². The van der Waals surface area contributed by atoms with Crippen molar-refractivity contribution in [3.05, 3.63) is 12.7 Å². The summed E-state index contributed by atoms with van der Waals surface area (Å²) in [4.78, 5) is 0. The van der Waals surface area contributed by atoms with Gasteiger partial charge in [0.2, 0.25) is 0 Å². The monoisotopic (exact) mass is 284 g/mol. The molecule has 0 saturated carbocycles. The Morgan fingerprint density at radius 2 is 1.22 bits per heavy atom. The maximum Gasteiger partial charge on any atom is 1.00 e. The maximum atomic E-state index is 10.3. The van der Waals surface area contributed by atoms with Crippen molar-refractivity contribution in [2.45, 2.75) is 64.2 Å². The summed E-state index contributed by atoms with van der Waals surface area (Å²) < 4.78 is 31.0. The fraction of sp³-hybridized carbons (Fsp3) is 0.846. The van der Waals surface area contributed by atoms with Crippen LogP contribution in [0.2, 0.25) is 0 Å². The normalized spacial score (nSPS) is 10.9. The second kappa shape index (κ2) is 14.1. The first-order valence-electron chi connectivity index (χ1n) is 6.61. The van der Waals surface area contributed by atoms with E-state index in [4.69, 9.17) is 0 Å². The van der Waals surface area contributed by atoms with Crippen LogP contribution in [0.1, 0.15) is 64.2 Å². The molecule has 0 aliphatic rings. The van der Waals surface area contributed by atoms with Crippen LogP contribution < -0.4 is 29.6 Å². The smallest absolute Gasteiger partial charge is 0.748 e. The summed E-state index contributed by atoms with van der Waals surface area (Å²) in [6.07, 6.45) is 12.9. The van der Waals surface area contributed by atoms with Gasteiger partial charge in [-0.15, -0.1) is 6.58 Å². The molecule has 0 aromatic heterocycles. The Hall–Kier alpha value is 0.650. The maximum absolute atomic E-state index is 10.3. The van der Waals surface area contributed by atoms with Crippen molar-refractivity contribution in [3.63, 3.8) is 0 Å². The van der Waals surface area contributed by atoms with Crippen LogP contribution in [0, 0.1) is 0 Å². The van der Waals surface area contributed by atoms with Crippen molar-refractivity contribution in [1.82, 2.24) is 0 Å². The first-order valence-corrected chi connectivity index (χ1v) is 8.18. The standard InChI is InChI=1S/C13H26O3S.Na/c1-2-3-4-5-6-7-8-9-10-11-12-13-17(14,15)16;/h2H,1,3-13H2,(H,14,15,16);/q;+1/p-1. The Kier molecular flexibility index (Phi) is 16.4. The van der Waals surface area contributed by atoms with Gasteiger partial charge in [0.25, 0.3) is 0 Å². The molecule has 0 fully saturated rings. The minimum atomic E-state index is -3.99. The first-order chi connectivity index (χ1) is 8.06. The van der Waals surface area contributed by atoms with Crippen LogP contribution in [-0.4, -0.2) is 18.7 Å². The minimum absolute atomic E-state index is 0. The van der Waals surface area contributed by atoms with Crippen molar-refractivity contribution < 1.29 is 42.5 Å². The van der Waals surface area contributed by atoms with Gasteiger partial charge in [-0.25, -0.2) is 8.42 Å². The fourth-order valence-electron chi connectivity index (χ4n) is 1.80. The Morgan fingerprint density at radius 1 is 0.833 bits per heavy atom. The third-order valence-electron chi connectivity index (χ3n) is 2.80. The Morgan fingerprint density at radius 3 is 1.61 bits per heavy atom. The molecule has 0 aliphatic heterocycles. The number of hydrogen-bond donors (Lipinski definition) is 0. The SMILES string of the molecule is C=CCCCCCCCCCCCS(=O)(=O)[O-].[Na+]. The molecule has 0 spiro atoms. The molecule has 0 aromatic rings. The van der Waals surface area contributed by atoms with Crippen molar-refractivity contribution in [3.8, 4) is 0 Å². The zero-order valence-electron chi connectivity index (χ0n) is 11.7. The predicted octanol–water partition coefficient (Wildman–Crippen LogP) is 0.623. The van der Waals surface area contributed by atoms with Gasteiger partial charge in [-0.1, -0.05) is 51.0 Å². The molecule has 0 radical (unpaired) electrons. The number of allylic oxidation sites excluding steroid dienone is 1. The molecule has 0 atom stereocenters. The van der Waals surface area contributed by atoms with Crippen LogP contribution in [-0.2, 0) is 10.1 Å². The van der Waals surface area contributed by atoms with Crippen LogP contribution in [0.25, 0.3) is 0 Å². The molecular formula is C13H25NaO3S. The second-order valence-electron chi connectivity index (χ2n) is 4.52. The van der Waals surface area contributed by atoms with E-state index in [-0.39, 0.29) is 35.3 Å². The average molecular weight is 284 g/mol. The summed E-state index contributed by atoms with van der Waals surface area (Å²) in [6.45, 7) is 3.69. The zero-order valence-corrected chi connectivity index (χ0v) is 14.5. The molecule has 18 heavy (non-hydrogen) atoms. The number of unbranched alkanes of at least 4 members (excludes halogenated alkanes) is 9. The third kappa shape index (κ3) is 19.0. The largest absolute Gasteiger partial charge is 1.00 e. The van der Waals surface area contributed by atoms with Crippen molar-refractivity contribution in [1.29, 1.82) is 0 Å². The van der Waals surface area contributed by atoms with Gasteiger partial charge in [0.05, 0.1) is 10.1 Å². The molecule has 3 nitrogen and oxygen atoms in total. The van der Waals surface area contributed by atoms with Gasteiger partial charge >= 0.3 is 29.6 Å². The zero-order chi connectivity index (χ0) is 13.0. The summed E-state index contributed by atoms with van der Waals surface area (Å²) in [6, 6.07) is 0. The molecule has 0 aromatic carbocycles. The summed E-state index contributed by atoms with van der Waals surface area (Å²) in [5.74, 6) is -0.200. The van der Waals surface area contributed by atoms with E-state index < -0.39 is 10.1 Å². The quantitative estimate of drug-likeness (QED) is 0.228. The van der Waals surface area contributed by atoms with Gasteiger partial charge in [0.15, 0.2) is 0 Å². The van der Waals surface area contributed by atoms with Crippen LogP contribution in [0.5, 0.6) is 0 Å². The Labute approximate surface area is 134 Å². The van der Waals surface area contributed by atoms with Crippen molar-refractivity contribution in [2.24, 2.45) is 0 Å². The Balaban J connectivity index is 0. The van der Waals surface area contributed by atoms with E-state index in [0.717, 1.165) is 25.7 Å². The van der Waals surface area contributed by atoms with E-state index in [0.29, 0.717) is 6.42 Å². The predicted molar refractivity (Wildman–Crippen MR) is 70.9 cm³/mol. The molecule has 0 aliphatic carbocycles. The summed E-state index contributed by atoms with van der Waals surface area (Å²) >= 11 is 0. The molecule has 0 rings (SSSR count).